The van der Waals surface area contributed by atoms with Gasteiger partial charge in [-0.25, -0.2) is 10.9 Å². The van der Waals surface area contributed by atoms with Crippen LogP contribution in [-0.2, 0) is 9.53 Å². The van der Waals surface area contributed by atoms with Gasteiger partial charge in [0.15, 0.2) is 0 Å². The first kappa shape index (κ1) is 26.8. The zero-order valence-corrected chi connectivity index (χ0v) is 23.0. The molecule has 2 aromatic carbocycles. The molecule has 38 heavy (non-hydrogen) atoms. The average molecular weight is 559 g/mol. The highest BCUT2D eigenvalue weighted by molar-refractivity contribution is 6.39. The number of morpholine rings is 1. The van der Waals surface area contributed by atoms with E-state index in [2.05, 4.69) is 39.8 Å². The SMILES string of the molecule is C=CC(=O)Nc1ccc(N2CCOCC2)cc1C1NNC2C=C(c3c(Cl)c(OC)cc(OC)c3Cl)CCC21. The van der Waals surface area contributed by atoms with Gasteiger partial charge in [0.05, 0.1) is 43.5 Å². The molecule has 3 unspecified atom stereocenters. The number of hydrogen-bond donors (Lipinski definition) is 3. The molecule has 1 aliphatic carbocycles. The van der Waals surface area contributed by atoms with Crippen molar-refractivity contribution in [3.05, 3.63) is 64.2 Å². The smallest absolute Gasteiger partial charge is 0.247 e. The number of hydrogen-bond acceptors (Lipinski definition) is 7. The molecule has 10 heteroatoms. The Morgan fingerprint density at radius 2 is 1.84 bits per heavy atom. The second-order valence-corrected chi connectivity index (χ2v) is 10.3. The first-order valence-corrected chi connectivity index (χ1v) is 13.4. The number of carbonyl (C=O) groups excluding carboxylic acids is 1. The number of ether oxygens (including phenoxy) is 3. The van der Waals surface area contributed by atoms with Crippen molar-refractivity contribution in [2.75, 3.05) is 50.7 Å². The third-order valence-electron chi connectivity index (χ3n) is 7.51. The summed E-state index contributed by atoms with van der Waals surface area (Å²) in [5.74, 6) is 1.03. The Morgan fingerprint density at radius 3 is 2.50 bits per heavy atom. The minimum absolute atomic E-state index is 0.0234. The quantitative estimate of drug-likeness (QED) is 0.413. The molecule has 1 amide bonds. The van der Waals surface area contributed by atoms with Crippen LogP contribution in [0.1, 0.15) is 30.0 Å². The molecule has 5 rings (SSSR count). The van der Waals surface area contributed by atoms with E-state index in [1.807, 2.05) is 12.1 Å². The molecule has 3 atom stereocenters. The summed E-state index contributed by atoms with van der Waals surface area (Å²) in [4.78, 5) is 14.5. The van der Waals surface area contributed by atoms with Crippen LogP contribution in [0.3, 0.4) is 0 Å². The summed E-state index contributed by atoms with van der Waals surface area (Å²) in [7, 11) is 3.15. The van der Waals surface area contributed by atoms with E-state index in [4.69, 9.17) is 37.4 Å². The van der Waals surface area contributed by atoms with Gasteiger partial charge in [-0.2, -0.15) is 0 Å². The fourth-order valence-electron chi connectivity index (χ4n) is 5.55. The first-order valence-electron chi connectivity index (χ1n) is 12.7. The van der Waals surface area contributed by atoms with Gasteiger partial charge in [0, 0.05) is 48.1 Å². The largest absolute Gasteiger partial charge is 0.495 e. The monoisotopic (exact) mass is 558 g/mol. The van der Waals surface area contributed by atoms with Crippen LogP contribution < -0.4 is 30.5 Å². The van der Waals surface area contributed by atoms with E-state index >= 15 is 0 Å². The van der Waals surface area contributed by atoms with Crippen LogP contribution in [0.4, 0.5) is 11.4 Å². The summed E-state index contributed by atoms with van der Waals surface area (Å²) in [6.45, 7) is 6.67. The number of methoxy groups -OCH3 is 2. The van der Waals surface area contributed by atoms with E-state index in [-0.39, 0.29) is 23.9 Å². The van der Waals surface area contributed by atoms with Crippen molar-refractivity contribution < 1.29 is 19.0 Å². The molecule has 0 spiro atoms. The second-order valence-electron chi connectivity index (χ2n) is 9.53. The number of hydrazine groups is 1. The fourth-order valence-corrected chi connectivity index (χ4v) is 6.29. The van der Waals surface area contributed by atoms with Gasteiger partial charge in [0.2, 0.25) is 5.91 Å². The normalized spacial score (nSPS) is 22.9. The van der Waals surface area contributed by atoms with Crippen molar-refractivity contribution in [2.24, 2.45) is 5.92 Å². The van der Waals surface area contributed by atoms with Gasteiger partial charge in [-0.1, -0.05) is 35.9 Å². The Labute approximate surface area is 232 Å². The Bertz CT molecular complexity index is 1230. The number of allylic oxidation sites excluding steroid dienone is 1. The van der Waals surface area contributed by atoms with Gasteiger partial charge < -0.3 is 24.4 Å². The molecule has 0 bridgehead atoms. The summed E-state index contributed by atoms with van der Waals surface area (Å²) >= 11 is 13.4. The standard InChI is InChI=1S/C28H32Cl2N4O4/c1-4-24(35)31-20-8-6-17(34-9-11-38-12-10-34)14-19(20)28-18-7-5-16(13-21(18)32-33-28)25-26(29)22(36-2)15-23(37-3)27(25)30/h4,6,8,13-15,18,21,28,32-33H,1,5,7,9-12H2,2-3H3,(H,31,35). The highest BCUT2D eigenvalue weighted by atomic mass is 35.5. The second kappa shape index (κ2) is 11.6. The van der Waals surface area contributed by atoms with Gasteiger partial charge in [-0.15, -0.1) is 0 Å². The maximum Gasteiger partial charge on any atom is 0.247 e. The van der Waals surface area contributed by atoms with E-state index in [1.54, 1.807) is 20.3 Å². The molecule has 2 heterocycles. The van der Waals surface area contributed by atoms with Crippen LogP contribution in [-0.4, -0.2) is 52.5 Å². The number of benzene rings is 2. The Balaban J connectivity index is 1.48. The van der Waals surface area contributed by atoms with Crippen LogP contribution in [0.25, 0.3) is 5.57 Å². The molecule has 0 aromatic heterocycles. The molecule has 0 saturated carbocycles. The van der Waals surface area contributed by atoms with Crippen LogP contribution in [0.15, 0.2) is 43.0 Å². The number of rotatable bonds is 7. The maximum absolute atomic E-state index is 12.2. The minimum Gasteiger partial charge on any atom is -0.495 e. The number of carbonyl (C=O) groups is 1. The molecule has 0 radical (unpaired) electrons. The van der Waals surface area contributed by atoms with E-state index in [0.29, 0.717) is 34.8 Å². The van der Waals surface area contributed by atoms with Crippen LogP contribution in [0.2, 0.25) is 10.0 Å². The third kappa shape index (κ3) is 5.11. The van der Waals surface area contributed by atoms with Crippen molar-refractivity contribution in [2.45, 2.75) is 24.9 Å². The van der Waals surface area contributed by atoms with E-state index in [1.165, 1.54) is 6.08 Å². The minimum atomic E-state index is -0.241. The first-order chi connectivity index (χ1) is 18.4. The summed E-state index contributed by atoms with van der Waals surface area (Å²) in [5.41, 5.74) is 11.6. The number of halogens is 2. The number of nitrogens with zero attached hydrogens (tertiary/aromatic N) is 1. The molecule has 2 aliphatic heterocycles. The Morgan fingerprint density at radius 1 is 1.13 bits per heavy atom. The Kier molecular flexibility index (Phi) is 8.16. The van der Waals surface area contributed by atoms with Crippen LogP contribution in [0, 0.1) is 5.92 Å². The lowest BCUT2D eigenvalue weighted by atomic mass is 9.78. The molecule has 2 saturated heterocycles. The fraction of sp³-hybridized carbons (Fsp3) is 0.393. The van der Waals surface area contributed by atoms with Gasteiger partial charge in [0.1, 0.15) is 11.5 Å². The zero-order chi connectivity index (χ0) is 26.8. The van der Waals surface area contributed by atoms with E-state index < -0.39 is 0 Å². The average Bonchev–Trinajstić information content (AvgIpc) is 3.37. The van der Waals surface area contributed by atoms with E-state index in [0.717, 1.165) is 54.0 Å². The highest BCUT2D eigenvalue weighted by Crippen LogP contribution is 2.48. The molecule has 3 N–H and O–H groups in total. The number of fused-ring (bicyclic) bond motifs is 1. The number of amides is 1. The number of anilines is 2. The maximum atomic E-state index is 12.2. The number of nitrogens with one attached hydrogen (secondary N) is 3. The zero-order valence-electron chi connectivity index (χ0n) is 21.5. The van der Waals surface area contributed by atoms with Crippen molar-refractivity contribution in [3.8, 4) is 11.5 Å². The predicted octanol–water partition coefficient (Wildman–Crippen LogP) is 4.98. The summed E-state index contributed by atoms with van der Waals surface area (Å²) in [6, 6.07) is 7.90. The summed E-state index contributed by atoms with van der Waals surface area (Å²) < 4.78 is 16.5. The van der Waals surface area contributed by atoms with Crippen molar-refractivity contribution in [1.82, 2.24) is 10.9 Å². The molecule has 3 aliphatic rings. The topological polar surface area (TPSA) is 84.1 Å². The lowest BCUT2D eigenvalue weighted by Crippen LogP contribution is -2.36. The molecule has 202 valence electrons. The molecular weight excluding hydrogens is 527 g/mol. The molecular formula is C28H32Cl2N4O4. The predicted molar refractivity (Wildman–Crippen MR) is 151 cm³/mol. The van der Waals surface area contributed by atoms with Gasteiger partial charge in [-0.05, 0) is 48.3 Å². The highest BCUT2D eigenvalue weighted by Gasteiger charge is 2.40. The van der Waals surface area contributed by atoms with Crippen molar-refractivity contribution in [1.29, 1.82) is 0 Å². The lowest BCUT2D eigenvalue weighted by Gasteiger charge is -2.32. The Hall–Kier alpha value is -2.75. The van der Waals surface area contributed by atoms with Crippen molar-refractivity contribution >= 4 is 46.1 Å². The van der Waals surface area contributed by atoms with E-state index in [9.17, 15) is 4.79 Å². The van der Waals surface area contributed by atoms with Crippen LogP contribution >= 0.6 is 23.2 Å². The molecule has 2 aromatic rings. The van der Waals surface area contributed by atoms with Gasteiger partial charge in [0.25, 0.3) is 0 Å². The van der Waals surface area contributed by atoms with Crippen molar-refractivity contribution in [3.63, 3.8) is 0 Å². The lowest BCUT2D eigenvalue weighted by molar-refractivity contribution is -0.111. The molecule has 8 nitrogen and oxygen atoms in total. The van der Waals surface area contributed by atoms with Crippen LogP contribution in [0.5, 0.6) is 11.5 Å². The third-order valence-corrected chi connectivity index (χ3v) is 8.26. The van der Waals surface area contributed by atoms with Gasteiger partial charge >= 0.3 is 0 Å². The molecule has 2 fully saturated rings. The van der Waals surface area contributed by atoms with Gasteiger partial charge in [-0.3, -0.25) is 4.79 Å². The summed E-state index contributed by atoms with van der Waals surface area (Å²) in [6.07, 6.45) is 5.12. The summed E-state index contributed by atoms with van der Waals surface area (Å²) in [5, 5.41) is 3.93.